The highest BCUT2D eigenvalue weighted by molar-refractivity contribution is 7.92. The Morgan fingerprint density at radius 2 is 1.61 bits per heavy atom. The van der Waals surface area contributed by atoms with E-state index in [1.165, 1.54) is 12.1 Å². The van der Waals surface area contributed by atoms with E-state index in [1.54, 1.807) is 20.8 Å². The fourth-order valence-corrected chi connectivity index (χ4v) is 4.43. The number of rotatable bonds is 4. The van der Waals surface area contributed by atoms with Crippen LogP contribution in [0.3, 0.4) is 0 Å². The van der Waals surface area contributed by atoms with Crippen molar-refractivity contribution < 1.29 is 40.3 Å². The minimum Gasteiger partial charge on any atom is -0.507 e. The van der Waals surface area contributed by atoms with E-state index in [-0.39, 0.29) is 27.9 Å². The molecule has 0 fully saturated rings. The van der Waals surface area contributed by atoms with Crippen LogP contribution in [0.2, 0.25) is 5.02 Å². The third-order valence-electron chi connectivity index (χ3n) is 5.21. The molecule has 3 aromatic carbocycles. The minimum atomic E-state index is -5.67. The molecule has 3 rings (SSSR count). The highest BCUT2D eigenvalue weighted by Gasteiger charge is 2.47. The quantitative estimate of drug-likeness (QED) is 0.351. The van der Waals surface area contributed by atoms with Crippen LogP contribution in [0, 0.1) is 11.6 Å². The van der Waals surface area contributed by atoms with E-state index in [1.807, 2.05) is 0 Å². The number of hydrogen-bond donors (Lipinski definition) is 2. The van der Waals surface area contributed by atoms with Crippen molar-refractivity contribution in [2.75, 3.05) is 5.32 Å². The summed E-state index contributed by atoms with van der Waals surface area (Å²) in [5.74, 6) is -3.12. The summed E-state index contributed by atoms with van der Waals surface area (Å²) in [7, 11) is -5.67. The predicted molar refractivity (Wildman–Crippen MR) is 125 cm³/mol. The van der Waals surface area contributed by atoms with Crippen LogP contribution in [-0.4, -0.2) is 24.9 Å². The van der Waals surface area contributed by atoms with Gasteiger partial charge in [-0.2, -0.15) is 13.2 Å². The van der Waals surface area contributed by atoms with E-state index >= 15 is 0 Å². The molecule has 1 amide bonds. The number of hydrogen-bond acceptors (Lipinski definition) is 4. The molecule has 12 heteroatoms. The van der Waals surface area contributed by atoms with Crippen LogP contribution in [0.4, 0.5) is 27.6 Å². The average Bonchev–Trinajstić information content (AvgIpc) is 2.73. The molecule has 0 saturated heterocycles. The number of anilines is 1. The Labute approximate surface area is 208 Å². The first-order valence-corrected chi connectivity index (χ1v) is 12.0. The number of carbonyl (C=O) groups excluding carboxylic acids is 1. The molecule has 0 unspecified atom stereocenters. The van der Waals surface area contributed by atoms with Gasteiger partial charge in [-0.05, 0) is 53.4 Å². The number of nitrogens with one attached hydrogen (secondary N) is 1. The number of phenolic OH excluding ortho intramolecular Hbond substituents is 1. The number of amides is 1. The lowest BCUT2D eigenvalue weighted by molar-refractivity contribution is -0.0436. The average molecular weight is 548 g/mol. The molecule has 36 heavy (non-hydrogen) atoms. The number of halogens is 6. The zero-order valence-corrected chi connectivity index (χ0v) is 20.5. The molecule has 0 heterocycles. The topological polar surface area (TPSA) is 83.5 Å². The highest BCUT2D eigenvalue weighted by atomic mass is 35.5. The van der Waals surface area contributed by atoms with Crippen molar-refractivity contribution >= 4 is 33.0 Å². The molecular weight excluding hydrogens is 529 g/mol. The standard InChI is InChI=1S/C24H19ClF5NO4S/c1-23(2,3)17-9-12(15-6-4-13(26)10-19(15)27)8-16(21(17)32)22(33)31-20-7-5-14(11-18(20)25)36(34,35)24(28,29)30/h4-11,32H,1-3H3,(H,31,33). The number of sulfone groups is 1. The first-order valence-electron chi connectivity index (χ1n) is 10.2. The number of carbonyl (C=O) groups is 1. The molecule has 0 aliphatic rings. The minimum absolute atomic E-state index is 0.0457. The number of benzene rings is 3. The van der Waals surface area contributed by atoms with Crippen LogP contribution in [0.25, 0.3) is 11.1 Å². The molecule has 0 spiro atoms. The van der Waals surface area contributed by atoms with E-state index in [9.17, 15) is 40.3 Å². The van der Waals surface area contributed by atoms with Gasteiger partial charge in [0.1, 0.15) is 17.4 Å². The van der Waals surface area contributed by atoms with Gasteiger partial charge in [0, 0.05) is 17.2 Å². The summed E-state index contributed by atoms with van der Waals surface area (Å²) >= 11 is 5.93. The number of aromatic hydroxyl groups is 1. The molecule has 2 N–H and O–H groups in total. The van der Waals surface area contributed by atoms with Gasteiger partial charge in [-0.1, -0.05) is 32.4 Å². The van der Waals surface area contributed by atoms with E-state index < -0.39 is 54.0 Å². The normalized spacial score (nSPS) is 12.5. The third-order valence-corrected chi connectivity index (χ3v) is 7.01. The third kappa shape index (κ3) is 5.31. The van der Waals surface area contributed by atoms with Crippen molar-refractivity contribution in [2.24, 2.45) is 0 Å². The second-order valence-corrected chi connectivity index (χ2v) is 11.2. The van der Waals surface area contributed by atoms with Gasteiger partial charge in [0.25, 0.3) is 15.7 Å². The zero-order valence-electron chi connectivity index (χ0n) is 19.0. The Kier molecular flexibility index (Phi) is 7.13. The second kappa shape index (κ2) is 9.36. The van der Waals surface area contributed by atoms with Crippen LogP contribution in [-0.2, 0) is 15.3 Å². The van der Waals surface area contributed by atoms with E-state index in [0.717, 1.165) is 18.2 Å². The van der Waals surface area contributed by atoms with Gasteiger partial charge in [0.15, 0.2) is 0 Å². The predicted octanol–water partition coefficient (Wildman–Crippen LogP) is 6.83. The van der Waals surface area contributed by atoms with Gasteiger partial charge in [-0.25, -0.2) is 17.2 Å². The van der Waals surface area contributed by atoms with Crippen LogP contribution < -0.4 is 5.32 Å². The van der Waals surface area contributed by atoms with Crippen molar-refractivity contribution in [3.05, 3.63) is 76.3 Å². The Balaban J connectivity index is 2.08. The van der Waals surface area contributed by atoms with Gasteiger partial charge in [0.05, 0.1) is 21.2 Å². The molecule has 192 valence electrons. The summed E-state index contributed by atoms with van der Waals surface area (Å²) in [6, 6.07) is 7.48. The van der Waals surface area contributed by atoms with Crippen LogP contribution in [0.5, 0.6) is 5.75 Å². The Morgan fingerprint density at radius 3 is 2.14 bits per heavy atom. The second-order valence-electron chi connectivity index (χ2n) is 8.84. The molecule has 0 atom stereocenters. The molecule has 0 aromatic heterocycles. The van der Waals surface area contributed by atoms with Crippen molar-refractivity contribution in [3.8, 4) is 16.9 Å². The molecule has 0 radical (unpaired) electrons. The highest BCUT2D eigenvalue weighted by Crippen LogP contribution is 2.39. The monoisotopic (exact) mass is 547 g/mol. The van der Waals surface area contributed by atoms with Gasteiger partial charge in [-0.15, -0.1) is 0 Å². The fourth-order valence-electron chi connectivity index (χ4n) is 3.35. The first kappa shape index (κ1) is 27.4. The van der Waals surface area contributed by atoms with Crippen LogP contribution in [0.1, 0.15) is 36.7 Å². The summed E-state index contributed by atoms with van der Waals surface area (Å²) in [4.78, 5) is 11.9. The van der Waals surface area contributed by atoms with Crippen molar-refractivity contribution in [1.82, 2.24) is 0 Å². The molecule has 0 saturated carbocycles. The van der Waals surface area contributed by atoms with Crippen molar-refractivity contribution in [2.45, 2.75) is 36.6 Å². The zero-order chi connectivity index (χ0) is 27.2. The van der Waals surface area contributed by atoms with Crippen LogP contribution in [0.15, 0.2) is 53.4 Å². The number of alkyl halides is 3. The Bertz CT molecular complexity index is 1460. The maximum absolute atomic E-state index is 14.5. The molecule has 0 aliphatic heterocycles. The van der Waals surface area contributed by atoms with Gasteiger partial charge >= 0.3 is 5.51 Å². The molecule has 5 nitrogen and oxygen atoms in total. The van der Waals surface area contributed by atoms with Crippen molar-refractivity contribution in [3.63, 3.8) is 0 Å². The van der Waals surface area contributed by atoms with E-state index in [0.29, 0.717) is 18.2 Å². The summed E-state index contributed by atoms with van der Waals surface area (Å²) in [6.07, 6.45) is 0. The Hall–Kier alpha value is -3.18. The van der Waals surface area contributed by atoms with E-state index in [2.05, 4.69) is 5.32 Å². The molecular formula is C24H19ClF5NO4S. The lowest BCUT2D eigenvalue weighted by atomic mass is 9.83. The molecule has 0 bridgehead atoms. The van der Waals surface area contributed by atoms with Crippen LogP contribution >= 0.6 is 11.6 Å². The smallest absolute Gasteiger partial charge is 0.501 e. The molecule has 3 aromatic rings. The number of phenols is 1. The Morgan fingerprint density at radius 1 is 0.972 bits per heavy atom. The summed E-state index contributed by atoms with van der Waals surface area (Å²) in [6.45, 7) is 5.18. The largest absolute Gasteiger partial charge is 0.507 e. The van der Waals surface area contributed by atoms with Gasteiger partial charge < -0.3 is 10.4 Å². The lowest BCUT2D eigenvalue weighted by Gasteiger charge is -2.23. The fraction of sp³-hybridized carbons (Fsp3) is 0.208. The summed E-state index contributed by atoms with van der Waals surface area (Å²) in [5.41, 5.74) is -6.48. The maximum atomic E-state index is 14.5. The maximum Gasteiger partial charge on any atom is 0.501 e. The van der Waals surface area contributed by atoms with Crippen molar-refractivity contribution in [1.29, 1.82) is 0 Å². The summed E-state index contributed by atoms with van der Waals surface area (Å²) in [5, 5.41) is 12.6. The SMILES string of the molecule is CC(C)(C)c1cc(-c2ccc(F)cc2F)cc(C(=O)Nc2ccc(S(=O)(=O)C(F)(F)F)cc2Cl)c1O. The molecule has 0 aliphatic carbocycles. The van der Waals surface area contributed by atoms with E-state index in [4.69, 9.17) is 11.6 Å². The summed E-state index contributed by atoms with van der Waals surface area (Å²) < 4.78 is 89.5. The first-order chi connectivity index (χ1) is 16.4. The van der Waals surface area contributed by atoms with Gasteiger partial charge in [-0.3, -0.25) is 4.79 Å². The lowest BCUT2D eigenvalue weighted by Crippen LogP contribution is -2.23. The van der Waals surface area contributed by atoms with Gasteiger partial charge in [0.2, 0.25) is 0 Å².